The number of carbonyl (C=O) groups is 1. The van der Waals surface area contributed by atoms with Gasteiger partial charge >= 0.3 is 0 Å². The summed E-state index contributed by atoms with van der Waals surface area (Å²) >= 11 is 1.54. The molecule has 4 rings (SSSR count). The summed E-state index contributed by atoms with van der Waals surface area (Å²) in [6.45, 7) is 2.56. The number of pyridine rings is 2. The molecule has 0 bridgehead atoms. The number of rotatable bonds is 8. The number of fused-ring (bicyclic) bond motifs is 1. The van der Waals surface area contributed by atoms with Crippen molar-refractivity contribution >= 4 is 34.8 Å². The van der Waals surface area contributed by atoms with Crippen molar-refractivity contribution in [2.45, 2.75) is 6.92 Å². The molecule has 8 heteroatoms. The Balaban J connectivity index is 0.000000588. The quantitative estimate of drug-likeness (QED) is 0.168. The molecule has 0 aliphatic carbocycles. The zero-order valence-electron chi connectivity index (χ0n) is 19.5. The molecule has 0 atom stereocenters. The number of hydrogen-bond donors (Lipinski definition) is 4. The van der Waals surface area contributed by atoms with Gasteiger partial charge < -0.3 is 10.4 Å². The van der Waals surface area contributed by atoms with E-state index in [0.717, 1.165) is 50.8 Å². The zero-order chi connectivity index (χ0) is 24.3. The van der Waals surface area contributed by atoms with Crippen LogP contribution in [0.15, 0.2) is 67.0 Å². The first-order valence-electron chi connectivity index (χ1n) is 10.8. The maximum absolute atomic E-state index is 11.7. The second kappa shape index (κ2) is 12.8. The Labute approximate surface area is 204 Å². The predicted octanol–water partition coefficient (Wildman–Crippen LogP) is 4.48. The monoisotopic (exact) mass is 475 g/mol. The highest BCUT2D eigenvalue weighted by atomic mass is 32.2. The number of aliphatic hydroxyl groups is 1. The molecule has 0 saturated heterocycles. The lowest BCUT2D eigenvalue weighted by Crippen LogP contribution is -2.18. The van der Waals surface area contributed by atoms with Crippen LogP contribution in [0.4, 0.5) is 5.69 Å². The molecule has 0 radical (unpaired) electrons. The Kier molecular flexibility index (Phi) is 9.54. The highest BCUT2D eigenvalue weighted by molar-refractivity contribution is 7.96. The van der Waals surface area contributed by atoms with Gasteiger partial charge in [0.15, 0.2) is 6.29 Å². The summed E-state index contributed by atoms with van der Waals surface area (Å²) in [6, 6.07) is 18.1. The van der Waals surface area contributed by atoms with Crippen LogP contribution in [0.25, 0.3) is 33.3 Å². The van der Waals surface area contributed by atoms with Crippen LogP contribution in [0.2, 0.25) is 0 Å². The Morgan fingerprint density at radius 3 is 2.21 bits per heavy atom. The minimum atomic E-state index is 0.105. The van der Waals surface area contributed by atoms with Crippen LogP contribution in [0.5, 0.6) is 0 Å². The van der Waals surface area contributed by atoms with Crippen LogP contribution in [0, 0.1) is 6.92 Å². The topological polar surface area (TPSA) is 99.2 Å². The van der Waals surface area contributed by atoms with Crippen molar-refractivity contribution in [3.63, 3.8) is 0 Å². The fourth-order valence-corrected chi connectivity index (χ4v) is 3.77. The summed E-state index contributed by atoms with van der Waals surface area (Å²) in [5.74, 6) is 0. The molecule has 0 aliphatic heterocycles. The lowest BCUT2D eigenvalue weighted by Gasteiger charge is -2.12. The summed E-state index contributed by atoms with van der Waals surface area (Å²) in [5.41, 5.74) is 9.93. The van der Waals surface area contributed by atoms with Crippen LogP contribution in [0.3, 0.4) is 0 Å². The molecule has 34 heavy (non-hydrogen) atoms. The summed E-state index contributed by atoms with van der Waals surface area (Å²) in [4.78, 5) is 23.3. The summed E-state index contributed by atoms with van der Waals surface area (Å²) in [6.07, 6.45) is 6.21. The maximum Gasteiger partial charge on any atom is 0.151 e. The van der Waals surface area contributed by atoms with Gasteiger partial charge in [-0.05, 0) is 55.1 Å². The molecule has 176 valence electrons. The first-order valence-corrected chi connectivity index (χ1v) is 12.0. The number of carbonyl (C=O) groups excluding carboxylic acids is 1. The van der Waals surface area contributed by atoms with Crippen LogP contribution < -0.4 is 15.6 Å². The third kappa shape index (κ3) is 6.18. The van der Waals surface area contributed by atoms with Gasteiger partial charge in [-0.25, -0.2) is 9.82 Å². The molecule has 0 aliphatic rings. The fraction of sp³-hybridized carbons (Fsp3) is 0.192. The predicted molar refractivity (Wildman–Crippen MR) is 142 cm³/mol. The van der Waals surface area contributed by atoms with Gasteiger partial charge in [0.25, 0.3) is 0 Å². The van der Waals surface area contributed by atoms with Crippen LogP contribution >= 0.6 is 11.9 Å². The van der Waals surface area contributed by atoms with Crippen molar-refractivity contribution in [1.82, 2.24) is 20.2 Å². The number of hydrazine groups is 1. The van der Waals surface area contributed by atoms with E-state index in [1.165, 1.54) is 0 Å². The molecule has 0 unspecified atom stereocenters. The van der Waals surface area contributed by atoms with Gasteiger partial charge in [-0.2, -0.15) is 0 Å². The van der Waals surface area contributed by atoms with Gasteiger partial charge in [-0.15, -0.1) is 0 Å². The molecular formula is C26H29N5O2S. The Morgan fingerprint density at radius 2 is 1.65 bits per heavy atom. The average Bonchev–Trinajstić information content (AvgIpc) is 2.88. The van der Waals surface area contributed by atoms with Gasteiger partial charge in [0.2, 0.25) is 0 Å². The molecular weight excluding hydrogens is 446 g/mol. The van der Waals surface area contributed by atoms with Crippen molar-refractivity contribution in [2.75, 3.05) is 31.8 Å². The van der Waals surface area contributed by atoms with Gasteiger partial charge in [-0.3, -0.25) is 15.2 Å². The van der Waals surface area contributed by atoms with Gasteiger partial charge in [0.1, 0.15) is 0 Å². The maximum atomic E-state index is 11.7. The van der Waals surface area contributed by atoms with Crippen molar-refractivity contribution in [3.8, 4) is 22.4 Å². The van der Waals surface area contributed by atoms with Crippen molar-refractivity contribution in [3.05, 3.63) is 78.1 Å². The Morgan fingerprint density at radius 1 is 1.00 bits per heavy atom. The fourth-order valence-electron chi connectivity index (χ4n) is 3.56. The van der Waals surface area contributed by atoms with Gasteiger partial charge in [-0.1, -0.05) is 48.3 Å². The minimum absolute atomic E-state index is 0.105. The molecule has 2 heterocycles. The number of nitrogens with zero attached hydrogens (tertiary/aromatic N) is 2. The third-order valence-electron chi connectivity index (χ3n) is 5.22. The van der Waals surface area contributed by atoms with Crippen LogP contribution in [-0.4, -0.2) is 47.8 Å². The zero-order valence-corrected chi connectivity index (χ0v) is 20.3. The van der Waals surface area contributed by atoms with Crippen molar-refractivity contribution < 1.29 is 9.90 Å². The number of aliphatic hydroxyl groups excluding tert-OH is 1. The average molecular weight is 476 g/mol. The smallest absolute Gasteiger partial charge is 0.151 e. The third-order valence-corrected chi connectivity index (χ3v) is 5.63. The summed E-state index contributed by atoms with van der Waals surface area (Å²) in [7, 11) is 1.83. The summed E-state index contributed by atoms with van der Waals surface area (Å²) in [5, 5.41) is 12.8. The number of hydrogen-bond acceptors (Lipinski definition) is 8. The minimum Gasteiger partial charge on any atom is -0.395 e. The number of anilines is 1. The molecule has 0 spiro atoms. The molecule has 7 nitrogen and oxygen atoms in total. The molecule has 0 fully saturated rings. The van der Waals surface area contributed by atoms with E-state index in [1.54, 1.807) is 24.3 Å². The van der Waals surface area contributed by atoms with E-state index < -0.39 is 0 Å². The lowest BCUT2D eigenvalue weighted by atomic mass is 9.97. The highest BCUT2D eigenvalue weighted by Gasteiger charge is 2.13. The number of aldehydes is 1. The van der Waals surface area contributed by atoms with E-state index in [2.05, 4.69) is 32.7 Å². The first-order chi connectivity index (χ1) is 16.6. The Bertz CT molecular complexity index is 1210. The van der Waals surface area contributed by atoms with Crippen LogP contribution in [-0.2, 0) is 0 Å². The molecule has 0 amide bonds. The van der Waals surface area contributed by atoms with Gasteiger partial charge in [0, 0.05) is 41.1 Å². The van der Waals surface area contributed by atoms with Crippen molar-refractivity contribution in [2.24, 2.45) is 0 Å². The number of nitrogens with one attached hydrogen (secondary N) is 3. The van der Waals surface area contributed by atoms with E-state index in [-0.39, 0.29) is 6.61 Å². The molecule has 4 N–H and O–H groups in total. The summed E-state index contributed by atoms with van der Waals surface area (Å²) < 4.78 is 0. The van der Waals surface area contributed by atoms with E-state index in [9.17, 15) is 4.79 Å². The van der Waals surface area contributed by atoms with E-state index in [0.29, 0.717) is 12.1 Å². The molecule has 4 aromatic rings. The Hall–Kier alpha value is -3.30. The first kappa shape index (κ1) is 25.3. The largest absolute Gasteiger partial charge is 0.395 e. The lowest BCUT2D eigenvalue weighted by molar-refractivity contribution is 0.112. The SMILES string of the molecule is CNNSC.Cc1c(-c2ccc(-c3ccc(NCCO)cc3)cc2)nc2ccncc2c1C=O. The molecule has 2 aromatic heterocycles. The van der Waals surface area contributed by atoms with Gasteiger partial charge in [0.05, 0.1) is 17.8 Å². The second-order valence-electron chi connectivity index (χ2n) is 7.37. The molecule has 2 aromatic carbocycles. The molecule has 0 saturated carbocycles. The number of aromatic nitrogens is 2. The van der Waals surface area contributed by atoms with E-state index in [1.807, 2.05) is 62.7 Å². The highest BCUT2D eigenvalue weighted by Crippen LogP contribution is 2.30. The van der Waals surface area contributed by atoms with E-state index >= 15 is 0 Å². The van der Waals surface area contributed by atoms with Crippen molar-refractivity contribution in [1.29, 1.82) is 0 Å². The second-order valence-corrected chi connectivity index (χ2v) is 7.98. The standard InChI is InChI=1S/C24H21N3O2.C2H8N2S/c1-16-22(15-29)21-14-25-11-10-23(21)27-24(16)19-4-2-17(3-5-19)18-6-8-20(9-7-18)26-12-13-28;1-3-4-5-2/h2-11,14-15,26,28H,12-13H2,1H3;3-4H,1-2H3. The number of benzene rings is 2. The van der Waals surface area contributed by atoms with E-state index in [4.69, 9.17) is 10.1 Å². The van der Waals surface area contributed by atoms with Crippen LogP contribution in [0.1, 0.15) is 15.9 Å². The normalized spacial score (nSPS) is 10.5.